The molecule has 3 aromatic rings. The molecular weight excluding hydrogens is 541 g/mol. The molecule has 2 amide bonds. The fraction of sp³-hybridized carbons (Fsp3) is 0.353. The molecule has 0 spiro atoms. The van der Waals surface area contributed by atoms with E-state index in [9.17, 15) is 19.1 Å². The zero-order valence-corrected chi connectivity index (χ0v) is 24.6. The first kappa shape index (κ1) is 31.5. The monoisotopic (exact) mass is 579 g/mol. The molecule has 1 saturated carbocycles. The Hall–Kier alpha value is -4.40. The Morgan fingerprint density at radius 3 is 2.19 bits per heavy atom. The molecular formula is C34H38BN3O5. The molecule has 4 rings (SSSR count). The fourth-order valence-corrected chi connectivity index (χ4v) is 5.67. The molecule has 0 radical (unpaired) electrons. The van der Waals surface area contributed by atoms with Crippen LogP contribution in [0.4, 0.5) is 5.69 Å². The number of methoxy groups -OCH3 is 1. The van der Waals surface area contributed by atoms with Crippen molar-refractivity contribution < 1.29 is 23.8 Å². The molecule has 1 N–H and O–H groups in total. The van der Waals surface area contributed by atoms with Gasteiger partial charge in [-0.2, -0.15) is 0 Å². The number of hydrogen-bond donors (Lipinski definition) is 1. The molecule has 2 unspecified atom stereocenters. The van der Waals surface area contributed by atoms with Crippen LogP contribution in [0.25, 0.3) is 0 Å². The Labute approximate surface area is 253 Å². The van der Waals surface area contributed by atoms with E-state index in [0.717, 1.165) is 49.3 Å². The molecule has 0 heterocycles. The van der Waals surface area contributed by atoms with E-state index in [2.05, 4.69) is 10.3 Å². The molecule has 1 aliphatic carbocycles. The summed E-state index contributed by atoms with van der Waals surface area (Å²) < 4.78 is 16.3. The zero-order valence-electron chi connectivity index (χ0n) is 24.6. The predicted molar refractivity (Wildman–Crippen MR) is 167 cm³/mol. The van der Waals surface area contributed by atoms with Gasteiger partial charge in [0, 0.05) is 0 Å². The number of carbonyl (C=O) groups is 3. The average Bonchev–Trinajstić information content (AvgIpc) is 3.05. The number of para-hydroxylation sites is 1. The number of aliphatic imine (C=N–C) groups is 1. The Kier molecular flexibility index (Phi) is 12.0. The molecule has 1 fully saturated rings. The number of nitrogens with one attached hydrogen (secondary N) is 1. The van der Waals surface area contributed by atoms with Crippen LogP contribution in [-0.2, 0) is 31.9 Å². The van der Waals surface area contributed by atoms with E-state index in [0.29, 0.717) is 13.6 Å². The van der Waals surface area contributed by atoms with Crippen molar-refractivity contribution in [1.82, 2.24) is 10.2 Å². The first-order valence-corrected chi connectivity index (χ1v) is 14.9. The number of ether oxygens (including phenoxy) is 1. The summed E-state index contributed by atoms with van der Waals surface area (Å²) in [7, 11) is 1.82. The summed E-state index contributed by atoms with van der Waals surface area (Å²) in [6.45, 7) is 0. The van der Waals surface area contributed by atoms with Crippen molar-refractivity contribution in [2.24, 2.45) is 4.99 Å². The summed E-state index contributed by atoms with van der Waals surface area (Å²) in [6, 6.07) is 23.7. The van der Waals surface area contributed by atoms with Crippen molar-refractivity contribution in [3.05, 3.63) is 102 Å². The van der Waals surface area contributed by atoms with E-state index >= 15 is 0 Å². The molecule has 0 saturated heterocycles. The van der Waals surface area contributed by atoms with E-state index in [4.69, 9.17) is 4.74 Å². The molecule has 0 aliphatic heterocycles. The number of benzene rings is 3. The minimum absolute atomic E-state index is 0.00704. The molecule has 2 atom stereocenters. The van der Waals surface area contributed by atoms with Gasteiger partial charge >= 0.3 is 242 Å². The van der Waals surface area contributed by atoms with Gasteiger partial charge in [0.25, 0.3) is 0 Å². The average molecular weight is 580 g/mol. The maximum atomic E-state index is 14.6. The van der Waals surface area contributed by atoms with Crippen LogP contribution in [0, 0.1) is 0 Å². The summed E-state index contributed by atoms with van der Waals surface area (Å²) in [6.07, 6.45) is 6.96. The summed E-state index contributed by atoms with van der Waals surface area (Å²) >= 11 is 0. The van der Waals surface area contributed by atoms with Crippen LogP contribution in [-0.4, -0.2) is 61.2 Å². The standard InChI is InChI=1S/C34H38BN3O5/c1-43-34(41)31(23-26-15-7-3-8-16-26)38(33(40)28-19-11-12-20-29(28)36-24-35-42)30(22-21-25-13-5-2-6-14-25)32(39)37-27-17-9-4-10-18-27/h2-3,5-8,11-16,19-20,24,27,30-31H,4,9-10,17-18,21-23H2,1H3,(H,37,39). The van der Waals surface area contributed by atoms with Crippen molar-refractivity contribution >= 4 is 36.7 Å². The van der Waals surface area contributed by atoms with Crippen molar-refractivity contribution in [2.75, 3.05) is 7.11 Å². The number of carbonyl (C=O) groups excluding carboxylic acids is 3. The third-order valence-corrected chi connectivity index (χ3v) is 7.86. The van der Waals surface area contributed by atoms with Crippen LogP contribution in [0.5, 0.6) is 0 Å². The maximum absolute atomic E-state index is 14.6. The topological polar surface area (TPSA) is 105 Å². The van der Waals surface area contributed by atoms with Gasteiger partial charge in [-0.05, 0) is 0 Å². The number of amides is 2. The summed E-state index contributed by atoms with van der Waals surface area (Å²) in [5, 5.41) is 3.21. The van der Waals surface area contributed by atoms with Gasteiger partial charge in [0.1, 0.15) is 0 Å². The van der Waals surface area contributed by atoms with E-state index in [1.807, 2.05) is 60.7 Å². The second-order valence-corrected chi connectivity index (χ2v) is 10.8. The molecule has 0 aromatic heterocycles. The van der Waals surface area contributed by atoms with Crippen LogP contribution in [0.2, 0.25) is 0 Å². The van der Waals surface area contributed by atoms with Gasteiger partial charge in [0.2, 0.25) is 0 Å². The summed E-state index contributed by atoms with van der Waals surface area (Å²) in [4.78, 5) is 47.9. The second kappa shape index (κ2) is 16.3. The normalized spacial score (nSPS) is 14.8. The Balaban J connectivity index is 1.82. The summed E-state index contributed by atoms with van der Waals surface area (Å²) in [5.74, 6) is -1.46. The van der Waals surface area contributed by atoms with Gasteiger partial charge in [0.05, 0.1) is 0 Å². The number of esters is 1. The van der Waals surface area contributed by atoms with Crippen molar-refractivity contribution in [1.29, 1.82) is 0 Å². The van der Waals surface area contributed by atoms with Gasteiger partial charge in [-0.15, -0.1) is 0 Å². The quantitative estimate of drug-likeness (QED) is 0.173. The first-order chi connectivity index (χ1) is 21.0. The van der Waals surface area contributed by atoms with Gasteiger partial charge < -0.3 is 0 Å². The van der Waals surface area contributed by atoms with E-state index in [-0.39, 0.29) is 36.0 Å². The predicted octanol–water partition coefficient (Wildman–Crippen LogP) is 5.07. The van der Waals surface area contributed by atoms with Crippen molar-refractivity contribution in [3.8, 4) is 0 Å². The van der Waals surface area contributed by atoms with Gasteiger partial charge in [0.15, 0.2) is 0 Å². The van der Waals surface area contributed by atoms with Crippen LogP contribution in [0.1, 0.15) is 60.0 Å². The van der Waals surface area contributed by atoms with Gasteiger partial charge in [-0.1, -0.05) is 12.5 Å². The van der Waals surface area contributed by atoms with Crippen molar-refractivity contribution in [3.63, 3.8) is 0 Å². The van der Waals surface area contributed by atoms with Gasteiger partial charge in [-0.3, -0.25) is 0 Å². The molecule has 9 heteroatoms. The van der Waals surface area contributed by atoms with Crippen LogP contribution in [0.15, 0.2) is 89.9 Å². The Morgan fingerprint density at radius 2 is 1.53 bits per heavy atom. The molecule has 0 bridgehead atoms. The third kappa shape index (κ3) is 8.80. The number of nitrogens with zero attached hydrogens (tertiary/aromatic N) is 2. The molecule has 43 heavy (non-hydrogen) atoms. The van der Waals surface area contributed by atoms with E-state index in [1.54, 1.807) is 24.3 Å². The SMILES string of the molecule is COC(=O)C(Cc1ccccc1)N(C(=O)c1ccccc1N=CB=O)C(CCc1ccccc1)C(=O)NC1CCCCC1. The second-order valence-electron chi connectivity index (χ2n) is 10.8. The Bertz CT molecular complexity index is 1390. The van der Waals surface area contributed by atoms with Crippen LogP contribution in [0.3, 0.4) is 0 Å². The number of aryl methyl sites for hydroxylation is 1. The van der Waals surface area contributed by atoms with E-state index < -0.39 is 24.0 Å². The fourth-order valence-electron chi connectivity index (χ4n) is 5.67. The molecule has 1 aliphatic rings. The van der Waals surface area contributed by atoms with Crippen LogP contribution < -0.4 is 5.32 Å². The van der Waals surface area contributed by atoms with Crippen LogP contribution >= 0.6 is 0 Å². The zero-order chi connectivity index (χ0) is 30.4. The molecule has 8 nitrogen and oxygen atoms in total. The van der Waals surface area contributed by atoms with Gasteiger partial charge in [-0.25, -0.2) is 0 Å². The third-order valence-electron chi connectivity index (χ3n) is 7.86. The van der Waals surface area contributed by atoms with Crippen molar-refractivity contribution in [2.45, 2.75) is 69.5 Å². The Morgan fingerprint density at radius 1 is 0.907 bits per heavy atom. The first-order valence-electron chi connectivity index (χ1n) is 14.9. The minimum atomic E-state index is -1.10. The molecule has 222 valence electrons. The number of rotatable bonds is 13. The summed E-state index contributed by atoms with van der Waals surface area (Å²) in [5.41, 5.74) is 2.27. The molecule has 3 aromatic carbocycles. The number of hydrogen-bond acceptors (Lipinski definition) is 6. The van der Waals surface area contributed by atoms with E-state index in [1.165, 1.54) is 12.0 Å².